The SMILES string of the molecule is C=C(C)[C@H]1CC[C@H]2[C@@H]3CC[C@@H]4C[C@](C)(O)[C@H](OC)C[C@@H]4[C@H]3CC[C@]12C. The fourth-order valence-corrected chi connectivity index (χ4v) is 8.18. The smallest absolute Gasteiger partial charge is 0.0882 e. The second-order valence-electron chi connectivity index (χ2n) is 10.5. The van der Waals surface area contributed by atoms with Crippen LogP contribution in [0.1, 0.15) is 72.1 Å². The van der Waals surface area contributed by atoms with Crippen molar-refractivity contribution in [3.8, 4) is 0 Å². The molecule has 0 saturated heterocycles. The Bertz CT molecular complexity index is 538. The van der Waals surface area contributed by atoms with Gasteiger partial charge in [0.2, 0.25) is 0 Å². The quantitative estimate of drug-likeness (QED) is 0.696. The van der Waals surface area contributed by atoms with Crippen molar-refractivity contribution in [3.05, 3.63) is 12.2 Å². The largest absolute Gasteiger partial charge is 0.387 e. The summed E-state index contributed by atoms with van der Waals surface area (Å²) >= 11 is 0. The van der Waals surface area contributed by atoms with Crippen LogP contribution in [0, 0.1) is 40.9 Å². The van der Waals surface area contributed by atoms with E-state index in [1.54, 1.807) is 7.11 Å². The number of aliphatic hydroxyl groups is 1. The van der Waals surface area contributed by atoms with Crippen molar-refractivity contribution in [2.75, 3.05) is 7.11 Å². The highest BCUT2D eigenvalue weighted by Gasteiger charge is 2.58. The van der Waals surface area contributed by atoms with Crippen LogP contribution in [0.4, 0.5) is 0 Å². The second-order valence-corrected chi connectivity index (χ2v) is 10.5. The number of methoxy groups -OCH3 is 1. The van der Waals surface area contributed by atoms with Crippen molar-refractivity contribution in [1.29, 1.82) is 0 Å². The van der Waals surface area contributed by atoms with Gasteiger partial charge in [-0.05, 0) is 106 Å². The maximum atomic E-state index is 10.8. The first-order valence-corrected chi connectivity index (χ1v) is 10.7. The van der Waals surface area contributed by atoms with Gasteiger partial charge < -0.3 is 9.84 Å². The Morgan fingerprint density at radius 1 is 1.04 bits per heavy atom. The molecule has 4 fully saturated rings. The van der Waals surface area contributed by atoms with E-state index in [1.165, 1.54) is 44.1 Å². The minimum atomic E-state index is -0.635. The predicted molar refractivity (Wildman–Crippen MR) is 102 cm³/mol. The van der Waals surface area contributed by atoms with Gasteiger partial charge >= 0.3 is 0 Å². The molecule has 0 aromatic heterocycles. The van der Waals surface area contributed by atoms with Gasteiger partial charge in [0.25, 0.3) is 0 Å². The van der Waals surface area contributed by atoms with Gasteiger partial charge in [-0.25, -0.2) is 0 Å². The molecule has 0 radical (unpaired) electrons. The van der Waals surface area contributed by atoms with Crippen LogP contribution in [0.5, 0.6) is 0 Å². The molecule has 4 aliphatic carbocycles. The highest BCUT2D eigenvalue weighted by Crippen LogP contribution is 2.65. The number of ether oxygens (including phenoxy) is 1. The molecule has 2 nitrogen and oxygen atoms in total. The number of allylic oxidation sites excluding steroid dienone is 1. The summed E-state index contributed by atoms with van der Waals surface area (Å²) in [6.45, 7) is 11.2. The highest BCUT2D eigenvalue weighted by atomic mass is 16.5. The van der Waals surface area contributed by atoms with Crippen molar-refractivity contribution in [2.24, 2.45) is 40.9 Å². The Balaban J connectivity index is 1.57. The molecule has 0 heterocycles. The average molecular weight is 347 g/mol. The van der Waals surface area contributed by atoms with Gasteiger partial charge in [0.05, 0.1) is 11.7 Å². The lowest BCUT2D eigenvalue weighted by Crippen LogP contribution is -2.55. The van der Waals surface area contributed by atoms with E-state index in [2.05, 4.69) is 20.4 Å². The van der Waals surface area contributed by atoms with Crippen LogP contribution < -0.4 is 0 Å². The molecule has 0 unspecified atom stereocenters. The normalized spacial score (nSPS) is 55.2. The summed E-state index contributed by atoms with van der Waals surface area (Å²) in [4.78, 5) is 0. The summed E-state index contributed by atoms with van der Waals surface area (Å²) in [6, 6.07) is 0. The maximum Gasteiger partial charge on any atom is 0.0882 e. The molecular weight excluding hydrogens is 308 g/mol. The summed E-state index contributed by atoms with van der Waals surface area (Å²) < 4.78 is 5.73. The molecule has 9 atom stereocenters. The van der Waals surface area contributed by atoms with Gasteiger partial charge in [0.15, 0.2) is 0 Å². The third-order valence-corrected chi connectivity index (χ3v) is 9.25. The Kier molecular flexibility index (Phi) is 4.40. The zero-order valence-electron chi connectivity index (χ0n) is 16.8. The van der Waals surface area contributed by atoms with Crippen molar-refractivity contribution in [2.45, 2.75) is 83.8 Å². The third kappa shape index (κ3) is 2.65. The molecule has 1 N–H and O–H groups in total. The van der Waals surface area contributed by atoms with Gasteiger partial charge in [0.1, 0.15) is 0 Å². The van der Waals surface area contributed by atoms with Crippen molar-refractivity contribution >= 4 is 0 Å². The zero-order valence-corrected chi connectivity index (χ0v) is 16.8. The van der Waals surface area contributed by atoms with E-state index in [4.69, 9.17) is 4.74 Å². The lowest BCUT2D eigenvalue weighted by Gasteiger charge is -2.58. The molecule has 0 spiro atoms. The number of rotatable bonds is 2. The fourth-order valence-electron chi connectivity index (χ4n) is 8.18. The van der Waals surface area contributed by atoms with E-state index in [0.29, 0.717) is 11.3 Å². The minimum absolute atomic E-state index is 0.0209. The molecular formula is C23H38O2. The van der Waals surface area contributed by atoms with Crippen molar-refractivity contribution in [1.82, 2.24) is 0 Å². The van der Waals surface area contributed by atoms with E-state index >= 15 is 0 Å². The number of fused-ring (bicyclic) bond motifs is 5. The Morgan fingerprint density at radius 3 is 2.48 bits per heavy atom. The first kappa shape index (κ1) is 18.0. The standard InChI is InChI=1S/C23H38O2/c1-14(2)19-8-9-20-17-7-6-15-13-23(4,24)21(25-5)12-18(15)16(17)10-11-22(19,20)3/h15-21,24H,1,6-13H2,2-5H3/t15-,16+,17-,18+,19-,20+,21-,22-,23+/m1/s1. The lowest BCUT2D eigenvalue weighted by atomic mass is 9.48. The summed E-state index contributed by atoms with van der Waals surface area (Å²) in [7, 11) is 1.78. The topological polar surface area (TPSA) is 29.5 Å². The van der Waals surface area contributed by atoms with Crippen LogP contribution in [-0.4, -0.2) is 23.9 Å². The molecule has 4 aliphatic rings. The first-order valence-electron chi connectivity index (χ1n) is 10.7. The first-order chi connectivity index (χ1) is 11.8. The van der Waals surface area contributed by atoms with E-state index in [1.807, 2.05) is 6.92 Å². The van der Waals surface area contributed by atoms with Crippen LogP contribution in [0.15, 0.2) is 12.2 Å². The summed E-state index contributed by atoms with van der Waals surface area (Å²) in [5.74, 6) is 4.91. The Morgan fingerprint density at radius 2 is 1.80 bits per heavy atom. The molecule has 0 aliphatic heterocycles. The number of hydrogen-bond donors (Lipinski definition) is 1. The molecule has 4 rings (SSSR count). The molecule has 2 heteroatoms. The Labute approximate surface area is 154 Å². The van der Waals surface area contributed by atoms with Gasteiger partial charge in [-0.3, -0.25) is 0 Å². The molecule has 0 bridgehead atoms. The van der Waals surface area contributed by atoms with Crippen LogP contribution in [-0.2, 0) is 4.74 Å². The van der Waals surface area contributed by atoms with Crippen molar-refractivity contribution < 1.29 is 9.84 Å². The van der Waals surface area contributed by atoms with E-state index < -0.39 is 5.60 Å². The monoisotopic (exact) mass is 346 g/mol. The van der Waals surface area contributed by atoms with Gasteiger partial charge in [-0.15, -0.1) is 0 Å². The van der Waals surface area contributed by atoms with E-state index in [9.17, 15) is 5.11 Å². The second kappa shape index (κ2) is 6.09. The molecule has 4 saturated carbocycles. The molecule has 0 amide bonds. The fraction of sp³-hybridized carbons (Fsp3) is 0.913. The van der Waals surface area contributed by atoms with E-state index in [0.717, 1.165) is 42.4 Å². The van der Waals surface area contributed by atoms with Crippen LogP contribution in [0.3, 0.4) is 0 Å². The maximum absolute atomic E-state index is 10.8. The van der Waals surface area contributed by atoms with Gasteiger partial charge in [-0.2, -0.15) is 0 Å². The summed E-state index contributed by atoms with van der Waals surface area (Å²) in [5, 5.41) is 10.8. The summed E-state index contributed by atoms with van der Waals surface area (Å²) in [5.41, 5.74) is 1.29. The highest BCUT2D eigenvalue weighted by molar-refractivity contribution is 5.14. The lowest BCUT2D eigenvalue weighted by molar-refractivity contribution is -0.163. The zero-order chi connectivity index (χ0) is 18.0. The molecule has 0 aromatic rings. The van der Waals surface area contributed by atoms with Crippen LogP contribution in [0.2, 0.25) is 0 Å². The molecule has 0 aromatic carbocycles. The minimum Gasteiger partial charge on any atom is -0.387 e. The van der Waals surface area contributed by atoms with E-state index in [-0.39, 0.29) is 6.10 Å². The van der Waals surface area contributed by atoms with Gasteiger partial charge in [-0.1, -0.05) is 19.1 Å². The number of hydrogen-bond acceptors (Lipinski definition) is 2. The van der Waals surface area contributed by atoms with Gasteiger partial charge in [0, 0.05) is 7.11 Å². The average Bonchev–Trinajstić information content (AvgIpc) is 2.90. The molecule has 25 heavy (non-hydrogen) atoms. The van der Waals surface area contributed by atoms with Crippen LogP contribution >= 0.6 is 0 Å². The third-order valence-electron chi connectivity index (χ3n) is 9.25. The Hall–Kier alpha value is -0.340. The summed E-state index contributed by atoms with van der Waals surface area (Å²) in [6.07, 6.45) is 10.3. The predicted octanol–water partition coefficient (Wildman–Crippen LogP) is 5.21. The van der Waals surface area contributed by atoms with Crippen LogP contribution in [0.25, 0.3) is 0 Å². The molecule has 142 valence electrons. The van der Waals surface area contributed by atoms with Crippen molar-refractivity contribution in [3.63, 3.8) is 0 Å².